The highest BCUT2D eigenvalue weighted by atomic mass is 15.1. The van der Waals surface area contributed by atoms with E-state index in [9.17, 15) is 0 Å². The lowest BCUT2D eigenvalue weighted by molar-refractivity contribution is 0.660. The summed E-state index contributed by atoms with van der Waals surface area (Å²) in [6.07, 6.45) is 0. The zero-order chi connectivity index (χ0) is 34.8. The predicted molar refractivity (Wildman–Crippen MR) is 222 cm³/mol. The topological polar surface area (TPSA) is 3.24 Å². The SMILES string of the molecule is CC1(C)c2ccccc2-c2ccc(N(c3ccccc3)c3ccc(-c4cccc(-c5ccc6c7ccccc7c7ccccc7c6c5)c4)cc3)cc21. The van der Waals surface area contributed by atoms with Gasteiger partial charge in [0.05, 0.1) is 0 Å². The first-order valence-electron chi connectivity index (χ1n) is 18.2. The van der Waals surface area contributed by atoms with E-state index in [0.717, 1.165) is 17.1 Å². The van der Waals surface area contributed by atoms with Crippen molar-refractivity contribution in [2.45, 2.75) is 19.3 Å². The molecule has 1 heteroatoms. The molecule has 0 spiro atoms. The van der Waals surface area contributed by atoms with E-state index in [4.69, 9.17) is 0 Å². The van der Waals surface area contributed by atoms with Crippen molar-refractivity contribution in [3.05, 3.63) is 199 Å². The van der Waals surface area contributed by atoms with Gasteiger partial charge in [-0.25, -0.2) is 0 Å². The summed E-state index contributed by atoms with van der Waals surface area (Å²) < 4.78 is 0. The fourth-order valence-corrected chi connectivity index (χ4v) is 8.62. The molecule has 9 aromatic carbocycles. The number of nitrogens with zero attached hydrogens (tertiary/aromatic N) is 1. The molecule has 0 amide bonds. The highest BCUT2D eigenvalue weighted by molar-refractivity contribution is 6.25. The fourth-order valence-electron chi connectivity index (χ4n) is 8.62. The number of hydrogen-bond donors (Lipinski definition) is 0. The molecule has 0 fully saturated rings. The number of para-hydroxylation sites is 1. The maximum Gasteiger partial charge on any atom is 0.0465 e. The van der Waals surface area contributed by atoms with E-state index in [0.29, 0.717) is 0 Å². The van der Waals surface area contributed by atoms with Gasteiger partial charge < -0.3 is 4.90 Å². The molecular weight excluding hydrogens is 627 g/mol. The highest BCUT2D eigenvalue weighted by Crippen LogP contribution is 2.50. The van der Waals surface area contributed by atoms with Crippen LogP contribution in [0.3, 0.4) is 0 Å². The van der Waals surface area contributed by atoms with Crippen LogP contribution in [0, 0.1) is 0 Å². The van der Waals surface area contributed by atoms with Gasteiger partial charge in [0.1, 0.15) is 0 Å². The van der Waals surface area contributed by atoms with Crippen LogP contribution >= 0.6 is 0 Å². The summed E-state index contributed by atoms with van der Waals surface area (Å²) >= 11 is 0. The van der Waals surface area contributed by atoms with Crippen molar-refractivity contribution in [1.29, 1.82) is 0 Å². The molecule has 52 heavy (non-hydrogen) atoms. The van der Waals surface area contributed by atoms with Gasteiger partial charge in [-0.1, -0.05) is 153 Å². The van der Waals surface area contributed by atoms with Crippen LogP contribution in [-0.2, 0) is 5.41 Å². The molecule has 0 saturated carbocycles. The molecular formula is C51H37N. The Morgan fingerprint density at radius 3 is 1.52 bits per heavy atom. The molecule has 0 heterocycles. The van der Waals surface area contributed by atoms with E-state index in [1.165, 1.54) is 76.8 Å². The number of fused-ring (bicyclic) bond motifs is 9. The van der Waals surface area contributed by atoms with Gasteiger partial charge in [0.2, 0.25) is 0 Å². The van der Waals surface area contributed by atoms with Crippen molar-refractivity contribution >= 4 is 49.4 Å². The first kappa shape index (κ1) is 30.4. The van der Waals surface area contributed by atoms with E-state index in [2.05, 4.69) is 207 Å². The molecule has 0 aromatic heterocycles. The van der Waals surface area contributed by atoms with Crippen LogP contribution in [0.25, 0.3) is 65.7 Å². The van der Waals surface area contributed by atoms with Crippen molar-refractivity contribution in [2.24, 2.45) is 0 Å². The summed E-state index contributed by atoms with van der Waals surface area (Å²) in [6.45, 7) is 4.69. The van der Waals surface area contributed by atoms with Gasteiger partial charge in [-0.15, -0.1) is 0 Å². The maximum absolute atomic E-state index is 2.40. The second kappa shape index (κ2) is 11.8. The Morgan fingerprint density at radius 2 is 0.808 bits per heavy atom. The van der Waals surface area contributed by atoms with E-state index in [1.54, 1.807) is 0 Å². The standard InChI is InChI=1S/C51H37N/c1-51(2)49-22-11-10-21-46(49)47-30-28-40(33-50(47)51)52(38-15-4-3-5-16-38)39-26-23-34(24-27-39)35-13-12-14-36(31-35)37-25-29-45-43-19-7-6-17-41(43)42-18-8-9-20-44(42)48(45)32-37/h3-33H,1-2H3. The van der Waals surface area contributed by atoms with E-state index in [-0.39, 0.29) is 5.41 Å². The Morgan fingerprint density at radius 1 is 0.308 bits per heavy atom. The minimum absolute atomic E-state index is 0.0644. The smallest absolute Gasteiger partial charge is 0.0465 e. The lowest BCUT2D eigenvalue weighted by Gasteiger charge is -2.28. The molecule has 10 rings (SSSR count). The third-order valence-corrected chi connectivity index (χ3v) is 11.2. The van der Waals surface area contributed by atoms with Crippen LogP contribution in [0.1, 0.15) is 25.0 Å². The van der Waals surface area contributed by atoms with Crippen LogP contribution < -0.4 is 4.90 Å². The first-order valence-corrected chi connectivity index (χ1v) is 18.2. The van der Waals surface area contributed by atoms with E-state index in [1.807, 2.05) is 0 Å². The molecule has 1 aliphatic rings. The molecule has 0 unspecified atom stereocenters. The van der Waals surface area contributed by atoms with Crippen LogP contribution in [0.4, 0.5) is 17.1 Å². The molecule has 0 saturated heterocycles. The zero-order valence-electron chi connectivity index (χ0n) is 29.3. The molecule has 0 bridgehead atoms. The van der Waals surface area contributed by atoms with E-state index < -0.39 is 0 Å². The summed E-state index contributed by atoms with van der Waals surface area (Å²) in [7, 11) is 0. The molecule has 0 atom stereocenters. The number of benzene rings is 9. The Hall–Kier alpha value is -6.44. The van der Waals surface area contributed by atoms with Crippen molar-refractivity contribution in [1.82, 2.24) is 0 Å². The minimum atomic E-state index is -0.0644. The Kier molecular flexibility index (Phi) is 6.91. The Bertz CT molecular complexity index is 2770. The molecule has 0 N–H and O–H groups in total. The number of anilines is 3. The van der Waals surface area contributed by atoms with Crippen LogP contribution in [0.15, 0.2) is 188 Å². The normalized spacial score (nSPS) is 13.0. The molecule has 246 valence electrons. The monoisotopic (exact) mass is 663 g/mol. The largest absolute Gasteiger partial charge is 0.310 e. The van der Waals surface area contributed by atoms with Gasteiger partial charge in [-0.3, -0.25) is 0 Å². The van der Waals surface area contributed by atoms with Crippen molar-refractivity contribution < 1.29 is 0 Å². The van der Waals surface area contributed by atoms with Gasteiger partial charge in [0.15, 0.2) is 0 Å². The second-order valence-corrected chi connectivity index (χ2v) is 14.6. The Balaban J connectivity index is 1.03. The summed E-state index contributed by atoms with van der Waals surface area (Å²) in [5, 5.41) is 7.79. The predicted octanol–water partition coefficient (Wildman–Crippen LogP) is 14.3. The molecule has 1 aliphatic carbocycles. The highest BCUT2D eigenvalue weighted by Gasteiger charge is 2.35. The maximum atomic E-state index is 2.40. The van der Waals surface area contributed by atoms with Gasteiger partial charge in [0.25, 0.3) is 0 Å². The van der Waals surface area contributed by atoms with Gasteiger partial charge in [0, 0.05) is 22.5 Å². The fraction of sp³-hybridized carbons (Fsp3) is 0.0588. The van der Waals surface area contributed by atoms with Crippen LogP contribution in [0.5, 0.6) is 0 Å². The zero-order valence-corrected chi connectivity index (χ0v) is 29.3. The van der Waals surface area contributed by atoms with Crippen LogP contribution in [-0.4, -0.2) is 0 Å². The Labute approximate surface area is 305 Å². The van der Waals surface area contributed by atoms with Gasteiger partial charge in [-0.2, -0.15) is 0 Å². The summed E-state index contributed by atoms with van der Waals surface area (Å²) in [5.74, 6) is 0. The van der Waals surface area contributed by atoms with Gasteiger partial charge in [-0.05, 0) is 125 Å². The average Bonchev–Trinajstić information content (AvgIpc) is 3.44. The summed E-state index contributed by atoms with van der Waals surface area (Å²) in [4.78, 5) is 2.38. The number of hydrogen-bond acceptors (Lipinski definition) is 1. The average molecular weight is 664 g/mol. The molecule has 1 nitrogen and oxygen atoms in total. The lowest BCUT2D eigenvalue weighted by atomic mass is 9.82. The third-order valence-electron chi connectivity index (χ3n) is 11.2. The van der Waals surface area contributed by atoms with Gasteiger partial charge >= 0.3 is 0 Å². The van der Waals surface area contributed by atoms with Crippen molar-refractivity contribution in [2.75, 3.05) is 4.90 Å². The summed E-state index contributed by atoms with van der Waals surface area (Å²) in [6, 6.07) is 69.1. The van der Waals surface area contributed by atoms with Crippen molar-refractivity contribution in [3.8, 4) is 33.4 Å². The quantitative estimate of drug-likeness (QED) is 0.166. The molecule has 0 radical (unpaired) electrons. The second-order valence-electron chi connectivity index (χ2n) is 14.6. The lowest BCUT2D eigenvalue weighted by Crippen LogP contribution is -2.16. The first-order chi connectivity index (χ1) is 25.5. The van der Waals surface area contributed by atoms with Crippen molar-refractivity contribution in [3.63, 3.8) is 0 Å². The summed E-state index contributed by atoms with van der Waals surface area (Å²) in [5.41, 5.74) is 13.7. The minimum Gasteiger partial charge on any atom is -0.310 e. The van der Waals surface area contributed by atoms with Crippen LogP contribution in [0.2, 0.25) is 0 Å². The third kappa shape index (κ3) is 4.77. The molecule has 0 aliphatic heterocycles. The molecule has 9 aromatic rings. The van der Waals surface area contributed by atoms with E-state index >= 15 is 0 Å². The number of rotatable bonds is 5.